The molecule has 0 aliphatic rings. The van der Waals surface area contributed by atoms with Crippen molar-refractivity contribution in [3.8, 4) is 11.3 Å². The number of fused-ring (bicyclic) bond motifs is 1. The molecule has 2 aromatic carbocycles. The molecule has 0 unspecified atom stereocenters. The average molecular weight is 395 g/mol. The number of aromatic amines is 1. The molecular weight excluding hydrogens is 376 g/mol. The van der Waals surface area contributed by atoms with Crippen molar-refractivity contribution in [2.24, 2.45) is 5.14 Å². The molecule has 0 fully saturated rings. The van der Waals surface area contributed by atoms with Gasteiger partial charge >= 0.3 is 0 Å². The largest absolute Gasteiger partial charge is 0.275 e. The molecule has 0 atom stereocenters. The van der Waals surface area contributed by atoms with Crippen LogP contribution in [0.25, 0.3) is 22.0 Å². The third kappa shape index (κ3) is 4.10. The molecule has 1 aromatic heterocycles. The minimum atomic E-state index is -3.83. The van der Waals surface area contributed by atoms with Gasteiger partial charge in [-0.1, -0.05) is 42.5 Å². The summed E-state index contributed by atoms with van der Waals surface area (Å²) >= 11 is 0. The van der Waals surface area contributed by atoms with E-state index in [1.807, 2.05) is 24.3 Å². The van der Waals surface area contributed by atoms with E-state index >= 15 is 0 Å². The molecule has 7 nitrogen and oxygen atoms in total. The van der Waals surface area contributed by atoms with Gasteiger partial charge in [0, 0.05) is 10.9 Å². The van der Waals surface area contributed by atoms with Crippen LogP contribution in [0.2, 0.25) is 0 Å². The number of benzene rings is 2. The second-order valence-electron chi connectivity index (χ2n) is 6.30. The summed E-state index contributed by atoms with van der Waals surface area (Å²) in [6.45, 7) is 3.44. The normalized spacial score (nSPS) is 12.0. The molecule has 3 aromatic rings. The number of aromatic nitrogens is 2. The summed E-state index contributed by atoms with van der Waals surface area (Å²) in [6, 6.07) is 14.5. The van der Waals surface area contributed by atoms with Crippen LogP contribution in [0.1, 0.15) is 19.4 Å². The maximum absolute atomic E-state index is 11.9. The van der Waals surface area contributed by atoms with E-state index in [4.69, 9.17) is 5.14 Å². The van der Waals surface area contributed by atoms with Gasteiger partial charge in [-0.05, 0) is 25.5 Å². The first-order valence-corrected chi connectivity index (χ1v) is 9.12. The van der Waals surface area contributed by atoms with Gasteiger partial charge in [0.05, 0.1) is 16.6 Å². The predicted molar refractivity (Wildman–Crippen MR) is 104 cm³/mol. The number of hydrogen-bond donors (Lipinski definition) is 3. The Morgan fingerprint density at radius 3 is 2.19 bits per heavy atom. The van der Waals surface area contributed by atoms with Crippen molar-refractivity contribution in [3.63, 3.8) is 0 Å². The van der Waals surface area contributed by atoms with Crippen molar-refractivity contribution in [1.29, 1.82) is 0 Å². The first kappa shape index (κ1) is 20.1. The Morgan fingerprint density at radius 2 is 1.62 bits per heavy atom. The van der Waals surface area contributed by atoms with E-state index < -0.39 is 15.7 Å². The third-order valence-corrected chi connectivity index (χ3v) is 4.77. The predicted octanol–water partition coefficient (Wildman–Crippen LogP) is 2.04. The van der Waals surface area contributed by atoms with E-state index in [-0.39, 0.29) is 18.0 Å². The summed E-state index contributed by atoms with van der Waals surface area (Å²) in [4.78, 5) is 11.9. The van der Waals surface area contributed by atoms with Crippen LogP contribution in [0, 0.1) is 0 Å². The van der Waals surface area contributed by atoms with Gasteiger partial charge in [0.25, 0.3) is 15.8 Å². The number of halogens is 1. The molecule has 26 heavy (non-hydrogen) atoms. The Hall–Kier alpha value is -2.26. The van der Waals surface area contributed by atoms with Gasteiger partial charge in [0.2, 0.25) is 0 Å². The summed E-state index contributed by atoms with van der Waals surface area (Å²) in [6.07, 6.45) is 0. The highest BCUT2D eigenvalue weighted by atomic mass is 35.5. The first-order chi connectivity index (χ1) is 11.7. The van der Waals surface area contributed by atoms with Gasteiger partial charge < -0.3 is 0 Å². The Morgan fingerprint density at radius 1 is 1.04 bits per heavy atom. The summed E-state index contributed by atoms with van der Waals surface area (Å²) in [5.74, 6) is 0. The molecule has 0 amide bonds. The van der Waals surface area contributed by atoms with Gasteiger partial charge in [-0.3, -0.25) is 4.79 Å². The second-order valence-corrected chi connectivity index (χ2v) is 7.59. The highest BCUT2D eigenvalue weighted by molar-refractivity contribution is 7.87. The van der Waals surface area contributed by atoms with E-state index in [1.165, 1.54) is 0 Å². The lowest BCUT2D eigenvalue weighted by Gasteiger charge is -2.25. The van der Waals surface area contributed by atoms with Crippen LogP contribution < -0.4 is 15.4 Å². The minimum absolute atomic E-state index is 0. The molecule has 1 heterocycles. The van der Waals surface area contributed by atoms with Gasteiger partial charge in [0.1, 0.15) is 0 Å². The molecule has 0 saturated heterocycles. The molecule has 0 aliphatic carbocycles. The molecule has 0 bridgehead atoms. The van der Waals surface area contributed by atoms with Crippen molar-refractivity contribution in [1.82, 2.24) is 14.9 Å². The van der Waals surface area contributed by atoms with Crippen molar-refractivity contribution in [2.45, 2.75) is 19.4 Å². The number of nitrogens with two attached hydrogens (primary N) is 1. The van der Waals surface area contributed by atoms with E-state index in [0.29, 0.717) is 11.1 Å². The molecule has 0 spiro atoms. The lowest BCUT2D eigenvalue weighted by Crippen LogP contribution is -2.44. The van der Waals surface area contributed by atoms with E-state index in [1.54, 1.807) is 38.1 Å². The van der Waals surface area contributed by atoms with E-state index in [9.17, 15) is 13.2 Å². The molecule has 4 N–H and O–H groups in total. The molecule has 0 saturated carbocycles. The fourth-order valence-corrected chi connectivity index (χ4v) is 3.62. The van der Waals surface area contributed by atoms with Gasteiger partial charge in [0.15, 0.2) is 0 Å². The quantitative estimate of drug-likeness (QED) is 0.627. The molecule has 0 aliphatic heterocycles. The monoisotopic (exact) mass is 394 g/mol. The average Bonchev–Trinajstić information content (AvgIpc) is 2.53. The summed E-state index contributed by atoms with van der Waals surface area (Å²) < 4.78 is 25.0. The highest BCUT2D eigenvalue weighted by Gasteiger charge is 2.24. The topological polar surface area (TPSA) is 118 Å². The Balaban J connectivity index is 0.00000243. The molecule has 0 radical (unpaired) electrons. The number of hydrogen-bond acceptors (Lipinski definition) is 4. The summed E-state index contributed by atoms with van der Waals surface area (Å²) in [7, 11) is -3.83. The SMILES string of the molecule is CC(C)(NS(N)(=O)=O)c1ccc(-c2n[nH]c(=O)c3ccccc23)cc1.Cl. The standard InChI is InChI=1S/C17H18N4O3S.ClH/c1-17(2,21-25(18,23)24)12-9-7-11(8-10-12)15-13-5-3-4-6-14(13)16(22)20-19-15;/h3-10,21H,1-2H3,(H,20,22)(H2,18,23,24);1H. The lowest BCUT2D eigenvalue weighted by atomic mass is 9.94. The maximum atomic E-state index is 11.9. The zero-order valence-corrected chi connectivity index (χ0v) is 15.8. The molecule has 9 heteroatoms. The van der Waals surface area contributed by atoms with Crippen LogP contribution in [0.5, 0.6) is 0 Å². The van der Waals surface area contributed by atoms with Crippen molar-refractivity contribution in [2.75, 3.05) is 0 Å². The minimum Gasteiger partial charge on any atom is -0.267 e. The van der Waals surface area contributed by atoms with Crippen LogP contribution in [-0.2, 0) is 15.7 Å². The molecular formula is C17H19ClN4O3S. The lowest BCUT2D eigenvalue weighted by molar-refractivity contribution is 0.473. The van der Waals surface area contributed by atoms with Crippen LogP contribution in [0.4, 0.5) is 0 Å². The molecule has 3 rings (SSSR count). The number of H-pyrrole nitrogens is 1. The Labute approximate surface area is 157 Å². The smallest absolute Gasteiger partial charge is 0.267 e. The Kier molecular flexibility index (Phi) is 5.52. The van der Waals surface area contributed by atoms with Crippen LogP contribution in [0.3, 0.4) is 0 Å². The zero-order chi connectivity index (χ0) is 18.2. The summed E-state index contributed by atoms with van der Waals surface area (Å²) in [5, 5.41) is 13.0. The van der Waals surface area contributed by atoms with E-state index in [2.05, 4.69) is 14.9 Å². The van der Waals surface area contributed by atoms with Gasteiger partial charge in [-0.15, -0.1) is 12.4 Å². The maximum Gasteiger partial charge on any atom is 0.275 e. The van der Waals surface area contributed by atoms with Gasteiger partial charge in [-0.2, -0.15) is 18.2 Å². The fraction of sp³-hybridized carbons (Fsp3) is 0.176. The number of nitrogens with zero attached hydrogens (tertiary/aromatic N) is 1. The number of nitrogens with one attached hydrogen (secondary N) is 2. The highest BCUT2D eigenvalue weighted by Crippen LogP contribution is 2.27. The third-order valence-electron chi connectivity index (χ3n) is 3.97. The van der Waals surface area contributed by atoms with Gasteiger partial charge in [-0.25, -0.2) is 10.2 Å². The van der Waals surface area contributed by atoms with Crippen molar-refractivity contribution < 1.29 is 8.42 Å². The van der Waals surface area contributed by atoms with Crippen molar-refractivity contribution >= 4 is 33.4 Å². The van der Waals surface area contributed by atoms with Crippen LogP contribution in [-0.4, -0.2) is 18.6 Å². The van der Waals surface area contributed by atoms with Crippen LogP contribution >= 0.6 is 12.4 Å². The number of rotatable bonds is 4. The van der Waals surface area contributed by atoms with Crippen LogP contribution in [0.15, 0.2) is 53.3 Å². The molecule has 138 valence electrons. The Bertz CT molecular complexity index is 1090. The zero-order valence-electron chi connectivity index (χ0n) is 14.2. The van der Waals surface area contributed by atoms with Crippen molar-refractivity contribution in [3.05, 3.63) is 64.4 Å². The summed E-state index contributed by atoms with van der Waals surface area (Å²) in [5.41, 5.74) is 1.11. The van der Waals surface area contributed by atoms with E-state index in [0.717, 1.165) is 16.5 Å². The fourth-order valence-electron chi connectivity index (χ4n) is 2.79. The first-order valence-electron chi connectivity index (χ1n) is 7.57. The second kappa shape index (κ2) is 7.16.